The maximum absolute atomic E-state index is 9.56. The molecule has 0 aliphatic rings. The monoisotopic (exact) mass is 212 g/mol. The van der Waals surface area contributed by atoms with Gasteiger partial charge in [-0.05, 0) is 36.2 Å². The van der Waals surface area contributed by atoms with Crippen molar-refractivity contribution < 1.29 is 5.11 Å². The van der Waals surface area contributed by atoms with E-state index in [9.17, 15) is 5.11 Å². The number of hydrogen-bond acceptors (Lipinski definition) is 2. The molecule has 2 rings (SSSR count). The third kappa shape index (κ3) is 1.71. The number of nitrogens with zero attached hydrogens (tertiary/aromatic N) is 2. The Hall–Kier alpha value is -2.05. The predicted molar refractivity (Wildman–Crippen MR) is 61.1 cm³/mol. The molecule has 1 unspecified atom stereocenters. The van der Waals surface area contributed by atoms with Crippen molar-refractivity contribution in [2.45, 2.75) is 13.0 Å². The smallest absolute Gasteiger partial charge is 0.166 e. The Kier molecular flexibility index (Phi) is 2.76. The second-order valence-electron chi connectivity index (χ2n) is 3.61. The van der Waals surface area contributed by atoms with Crippen LogP contribution in [0.3, 0.4) is 0 Å². The van der Waals surface area contributed by atoms with Crippen molar-refractivity contribution in [3.63, 3.8) is 0 Å². The normalized spacial score (nSPS) is 12.1. The van der Waals surface area contributed by atoms with Crippen LogP contribution in [0.5, 0.6) is 0 Å². The van der Waals surface area contributed by atoms with Crippen LogP contribution in [0.25, 0.3) is 5.69 Å². The summed E-state index contributed by atoms with van der Waals surface area (Å²) in [6, 6.07) is 11.3. The van der Waals surface area contributed by atoms with Crippen LogP contribution >= 0.6 is 0 Å². The molecule has 0 amide bonds. The van der Waals surface area contributed by atoms with Crippen molar-refractivity contribution in [2.24, 2.45) is 0 Å². The molecule has 1 N–H and O–H groups in total. The van der Waals surface area contributed by atoms with Crippen molar-refractivity contribution in [3.8, 4) is 11.8 Å². The van der Waals surface area contributed by atoms with E-state index in [1.807, 2.05) is 54.2 Å². The van der Waals surface area contributed by atoms with Crippen LogP contribution in [0.15, 0.2) is 42.7 Å². The van der Waals surface area contributed by atoms with Gasteiger partial charge in [0.05, 0.1) is 6.07 Å². The molecule has 1 aromatic carbocycles. The molecule has 2 aromatic rings. The zero-order valence-corrected chi connectivity index (χ0v) is 8.96. The Bertz CT molecular complexity index is 523. The van der Waals surface area contributed by atoms with Gasteiger partial charge in [0.2, 0.25) is 0 Å². The highest BCUT2D eigenvalue weighted by atomic mass is 16.3. The lowest BCUT2D eigenvalue weighted by molar-refractivity contribution is 0.235. The van der Waals surface area contributed by atoms with Crippen molar-refractivity contribution >= 4 is 0 Å². The molecular weight excluding hydrogens is 200 g/mol. The lowest BCUT2D eigenvalue weighted by atomic mass is 10.0. The van der Waals surface area contributed by atoms with Crippen LogP contribution in [0.2, 0.25) is 0 Å². The van der Waals surface area contributed by atoms with E-state index in [2.05, 4.69) is 0 Å². The van der Waals surface area contributed by atoms with Gasteiger partial charge in [-0.2, -0.15) is 5.26 Å². The molecule has 1 atom stereocenters. The highest BCUT2D eigenvalue weighted by Crippen LogP contribution is 2.23. The average molecular weight is 212 g/mol. The molecule has 0 aliphatic carbocycles. The second kappa shape index (κ2) is 4.21. The molecule has 0 fully saturated rings. The third-order valence-electron chi connectivity index (χ3n) is 2.65. The molecule has 3 heteroatoms. The number of nitriles is 1. The van der Waals surface area contributed by atoms with Gasteiger partial charge >= 0.3 is 0 Å². The summed E-state index contributed by atoms with van der Waals surface area (Å²) < 4.78 is 1.96. The number of hydrogen-bond donors (Lipinski definition) is 1. The van der Waals surface area contributed by atoms with Gasteiger partial charge < -0.3 is 9.67 Å². The first-order valence-electron chi connectivity index (χ1n) is 5.04. The molecule has 0 radical (unpaired) electrons. The zero-order chi connectivity index (χ0) is 11.5. The van der Waals surface area contributed by atoms with Crippen molar-refractivity contribution in [3.05, 3.63) is 53.9 Å². The van der Waals surface area contributed by atoms with E-state index in [-0.39, 0.29) is 0 Å². The van der Waals surface area contributed by atoms with Gasteiger partial charge in [0.1, 0.15) is 0 Å². The number of rotatable bonds is 2. The van der Waals surface area contributed by atoms with E-state index < -0.39 is 6.10 Å². The highest BCUT2D eigenvalue weighted by molar-refractivity contribution is 5.47. The van der Waals surface area contributed by atoms with Gasteiger partial charge in [-0.25, -0.2) is 0 Å². The second-order valence-corrected chi connectivity index (χ2v) is 3.61. The van der Waals surface area contributed by atoms with Crippen LogP contribution in [-0.2, 0) is 0 Å². The summed E-state index contributed by atoms with van der Waals surface area (Å²) in [4.78, 5) is 0. The topological polar surface area (TPSA) is 48.9 Å². The van der Waals surface area contributed by atoms with Crippen molar-refractivity contribution in [2.75, 3.05) is 0 Å². The Morgan fingerprint density at radius 1 is 1.25 bits per heavy atom. The summed E-state index contributed by atoms with van der Waals surface area (Å²) in [6.45, 7) is 1.91. The van der Waals surface area contributed by atoms with Crippen LogP contribution in [-0.4, -0.2) is 9.67 Å². The first-order chi connectivity index (χ1) is 7.74. The summed E-state index contributed by atoms with van der Waals surface area (Å²) >= 11 is 0. The standard InChI is InChI=1S/C13H12N2O/c1-10-11(13(16)9-14)5-4-6-12(10)15-7-2-3-8-15/h2-8,13,16H,1H3. The fraction of sp³-hybridized carbons (Fsp3) is 0.154. The number of benzene rings is 1. The minimum Gasteiger partial charge on any atom is -0.374 e. The summed E-state index contributed by atoms with van der Waals surface area (Å²) in [6.07, 6.45) is 2.81. The summed E-state index contributed by atoms with van der Waals surface area (Å²) in [5.74, 6) is 0. The SMILES string of the molecule is Cc1c(C(O)C#N)cccc1-n1cccc1. The van der Waals surface area contributed by atoms with Gasteiger partial charge in [0.15, 0.2) is 6.10 Å². The van der Waals surface area contributed by atoms with Gasteiger partial charge in [-0.15, -0.1) is 0 Å². The Labute approximate surface area is 94.2 Å². The fourth-order valence-corrected chi connectivity index (χ4v) is 1.78. The van der Waals surface area contributed by atoms with Crippen molar-refractivity contribution in [1.29, 1.82) is 5.26 Å². The maximum atomic E-state index is 9.56. The Balaban J connectivity index is 2.54. The molecule has 0 spiro atoms. The van der Waals surface area contributed by atoms with E-state index in [0.29, 0.717) is 5.56 Å². The van der Waals surface area contributed by atoms with Crippen molar-refractivity contribution in [1.82, 2.24) is 4.57 Å². The molecule has 0 bridgehead atoms. The van der Waals surface area contributed by atoms with Gasteiger partial charge in [0, 0.05) is 18.1 Å². The minimum absolute atomic E-state index is 0.661. The quantitative estimate of drug-likeness (QED) is 0.777. The molecule has 80 valence electrons. The number of aromatic nitrogens is 1. The summed E-state index contributed by atoms with van der Waals surface area (Å²) in [7, 11) is 0. The van der Waals surface area contributed by atoms with E-state index in [0.717, 1.165) is 11.3 Å². The van der Waals surface area contributed by atoms with Crippen LogP contribution in [0, 0.1) is 18.3 Å². The molecule has 0 aliphatic heterocycles. The van der Waals surface area contributed by atoms with Gasteiger partial charge in [-0.1, -0.05) is 12.1 Å². The lowest BCUT2D eigenvalue weighted by Gasteiger charge is -2.12. The number of aliphatic hydroxyl groups excluding tert-OH is 1. The maximum Gasteiger partial charge on any atom is 0.166 e. The Morgan fingerprint density at radius 2 is 1.94 bits per heavy atom. The largest absolute Gasteiger partial charge is 0.374 e. The average Bonchev–Trinajstić information content (AvgIpc) is 2.82. The van der Waals surface area contributed by atoms with E-state index in [1.165, 1.54) is 0 Å². The fourth-order valence-electron chi connectivity index (χ4n) is 1.78. The van der Waals surface area contributed by atoms with E-state index in [4.69, 9.17) is 5.26 Å². The van der Waals surface area contributed by atoms with Gasteiger partial charge in [0.25, 0.3) is 0 Å². The van der Waals surface area contributed by atoms with Crippen LogP contribution < -0.4 is 0 Å². The molecule has 1 heterocycles. The summed E-state index contributed by atoms with van der Waals surface area (Å²) in [5.41, 5.74) is 2.57. The summed E-state index contributed by atoms with van der Waals surface area (Å²) in [5, 5.41) is 18.3. The molecule has 16 heavy (non-hydrogen) atoms. The lowest BCUT2D eigenvalue weighted by Crippen LogP contribution is -2.01. The molecule has 1 aromatic heterocycles. The first-order valence-corrected chi connectivity index (χ1v) is 5.04. The zero-order valence-electron chi connectivity index (χ0n) is 8.96. The molecule has 0 saturated carbocycles. The predicted octanol–water partition coefficient (Wildman–Crippen LogP) is 2.34. The minimum atomic E-state index is -1.06. The first kappa shape index (κ1) is 10.5. The van der Waals surface area contributed by atoms with E-state index in [1.54, 1.807) is 6.07 Å². The van der Waals surface area contributed by atoms with Crippen LogP contribution in [0.1, 0.15) is 17.2 Å². The molecule has 3 nitrogen and oxygen atoms in total. The number of aliphatic hydroxyl groups is 1. The molecular formula is C13H12N2O. The Morgan fingerprint density at radius 3 is 2.56 bits per heavy atom. The van der Waals surface area contributed by atoms with Crippen LogP contribution in [0.4, 0.5) is 0 Å². The highest BCUT2D eigenvalue weighted by Gasteiger charge is 2.11. The van der Waals surface area contributed by atoms with Gasteiger partial charge in [-0.3, -0.25) is 0 Å². The third-order valence-corrected chi connectivity index (χ3v) is 2.65. The van der Waals surface area contributed by atoms with E-state index >= 15 is 0 Å². The molecule has 0 saturated heterocycles.